The largest absolute Gasteiger partial charge is 0.496 e. The van der Waals surface area contributed by atoms with E-state index < -0.39 is 15.1 Å². The summed E-state index contributed by atoms with van der Waals surface area (Å²) in [6.07, 6.45) is 4.72. The molecule has 0 atom stereocenters. The minimum atomic E-state index is -3.50. The lowest BCUT2D eigenvalue weighted by Crippen LogP contribution is -2.29. The zero-order chi connectivity index (χ0) is 28.6. The molecule has 1 N–H and O–H groups in total. The number of para-hydroxylation sites is 1. The molecule has 2 aromatic heterocycles. The maximum Gasteiger partial charge on any atom is 0.182 e. The molecule has 4 aromatic rings. The lowest BCUT2D eigenvalue weighted by Gasteiger charge is -2.30. The normalized spacial score (nSPS) is 15.2. The molecule has 1 saturated heterocycles. The van der Waals surface area contributed by atoms with Crippen molar-refractivity contribution in [2.24, 2.45) is 7.05 Å². The van der Waals surface area contributed by atoms with Gasteiger partial charge in [-0.3, -0.25) is 0 Å². The summed E-state index contributed by atoms with van der Waals surface area (Å²) in [6, 6.07) is 13.4. The lowest BCUT2D eigenvalue weighted by molar-refractivity contribution is 0.255. The quantitative estimate of drug-likeness (QED) is 0.299. The van der Waals surface area contributed by atoms with Gasteiger partial charge in [0, 0.05) is 25.2 Å². The molecule has 0 bridgehead atoms. The molecule has 1 fully saturated rings. The number of fused-ring (bicyclic) bond motifs is 1. The zero-order valence-electron chi connectivity index (χ0n) is 24.2. The number of sulfone groups is 1. The molecule has 3 heterocycles. The maximum atomic E-state index is 13.1. The second-order valence-corrected chi connectivity index (χ2v) is 13.6. The Morgan fingerprint density at radius 1 is 1.07 bits per heavy atom. The van der Waals surface area contributed by atoms with Gasteiger partial charge in [0.2, 0.25) is 0 Å². The summed E-state index contributed by atoms with van der Waals surface area (Å²) in [5.41, 5.74) is 5.75. The van der Waals surface area contributed by atoms with Crippen LogP contribution < -0.4 is 10.1 Å². The number of anilines is 2. The summed E-state index contributed by atoms with van der Waals surface area (Å²) >= 11 is 0. The van der Waals surface area contributed by atoms with E-state index in [1.165, 1.54) is 11.1 Å². The number of methoxy groups -OCH3 is 1. The lowest BCUT2D eigenvalue weighted by atomic mass is 9.85. The Morgan fingerprint density at radius 3 is 2.50 bits per heavy atom. The van der Waals surface area contributed by atoms with Crippen LogP contribution in [-0.4, -0.2) is 60.3 Å². The van der Waals surface area contributed by atoms with Crippen LogP contribution in [0.5, 0.6) is 5.75 Å². The van der Waals surface area contributed by atoms with Crippen LogP contribution in [-0.2, 0) is 23.3 Å². The molecule has 1 aliphatic heterocycles. The molecule has 0 saturated carbocycles. The number of hydrogen-bond donors (Lipinski definition) is 1. The number of nitrogens with one attached hydrogen (secondary N) is 1. The molecule has 1 aliphatic rings. The number of hydrogen-bond acceptors (Lipinski definition) is 7. The molecule has 8 nitrogen and oxygen atoms in total. The minimum absolute atomic E-state index is 0.259. The zero-order valence-corrected chi connectivity index (χ0v) is 25.0. The molecule has 0 spiro atoms. The molecule has 40 heavy (non-hydrogen) atoms. The van der Waals surface area contributed by atoms with Gasteiger partial charge in [-0.2, -0.15) is 0 Å². The SMILES string of the molecule is COc1cc(C2CCN(C)CC2)c(C)cc1Cc1nc(Nc2ccccc2S(=O)(=O)C(C)C)c2c(ccn2C)n1. The highest BCUT2D eigenvalue weighted by molar-refractivity contribution is 7.92. The van der Waals surface area contributed by atoms with Crippen LogP contribution in [0, 0.1) is 6.92 Å². The first-order valence-electron chi connectivity index (χ1n) is 13.9. The van der Waals surface area contributed by atoms with E-state index in [-0.39, 0.29) is 4.90 Å². The third-order valence-electron chi connectivity index (χ3n) is 8.01. The highest BCUT2D eigenvalue weighted by Gasteiger charge is 2.24. The van der Waals surface area contributed by atoms with E-state index >= 15 is 0 Å². The number of likely N-dealkylation sites (tertiary alicyclic amines) is 1. The van der Waals surface area contributed by atoms with Crippen LogP contribution in [0.25, 0.3) is 11.0 Å². The highest BCUT2D eigenvalue weighted by atomic mass is 32.2. The van der Waals surface area contributed by atoms with Crippen LogP contribution in [0.15, 0.2) is 53.6 Å². The number of ether oxygens (including phenoxy) is 1. The van der Waals surface area contributed by atoms with E-state index in [0.717, 1.165) is 48.3 Å². The predicted octanol–water partition coefficient (Wildman–Crippen LogP) is 5.61. The molecular formula is C31H39N5O3S. The molecule has 0 amide bonds. The first kappa shape index (κ1) is 28.1. The van der Waals surface area contributed by atoms with Crippen molar-refractivity contribution in [3.63, 3.8) is 0 Å². The number of nitrogens with zero attached hydrogens (tertiary/aromatic N) is 4. The van der Waals surface area contributed by atoms with Crippen molar-refractivity contribution >= 4 is 32.4 Å². The number of aryl methyl sites for hydroxylation is 2. The maximum absolute atomic E-state index is 13.1. The second kappa shape index (κ2) is 11.2. The Morgan fingerprint density at radius 2 is 1.80 bits per heavy atom. The van der Waals surface area contributed by atoms with Crippen molar-refractivity contribution in [2.45, 2.75) is 56.1 Å². The van der Waals surface area contributed by atoms with Crippen molar-refractivity contribution < 1.29 is 13.2 Å². The van der Waals surface area contributed by atoms with Crippen molar-refractivity contribution in [3.8, 4) is 5.75 Å². The fraction of sp³-hybridized carbons (Fsp3) is 0.419. The standard InChI is InChI=1S/C31H39N5O3S/c1-20(2)40(37,38)28-10-8-7-9-25(28)33-31-30-26(13-16-36(30)5)32-29(34-31)18-23-17-21(3)24(19-27(23)39-6)22-11-14-35(4)15-12-22/h7-10,13,16-17,19-20,22H,11-12,14-15,18H2,1-6H3,(H,32,33,34). The predicted molar refractivity (Wildman–Crippen MR) is 161 cm³/mol. The summed E-state index contributed by atoms with van der Waals surface area (Å²) in [5, 5.41) is 2.80. The first-order chi connectivity index (χ1) is 19.1. The van der Waals surface area contributed by atoms with Gasteiger partial charge >= 0.3 is 0 Å². The molecule has 212 valence electrons. The Balaban J connectivity index is 1.52. The van der Waals surface area contributed by atoms with Crippen LogP contribution in [0.4, 0.5) is 11.5 Å². The van der Waals surface area contributed by atoms with Crippen molar-refractivity contribution in [3.05, 3.63) is 71.2 Å². The molecule has 0 unspecified atom stereocenters. The summed E-state index contributed by atoms with van der Waals surface area (Å²) < 4.78 is 34.0. The number of rotatable bonds is 8. The van der Waals surface area contributed by atoms with Gasteiger partial charge in [0.15, 0.2) is 15.7 Å². The van der Waals surface area contributed by atoms with Gasteiger partial charge in [-0.05, 0) is 95.1 Å². The van der Waals surface area contributed by atoms with Gasteiger partial charge in [0.25, 0.3) is 0 Å². The Bertz CT molecular complexity index is 1640. The van der Waals surface area contributed by atoms with Crippen LogP contribution in [0.2, 0.25) is 0 Å². The van der Waals surface area contributed by atoms with Crippen molar-refractivity contribution in [2.75, 3.05) is 32.6 Å². The third-order valence-corrected chi connectivity index (χ3v) is 10.2. The molecule has 0 aliphatic carbocycles. The van der Waals surface area contributed by atoms with E-state index in [1.807, 2.05) is 29.9 Å². The van der Waals surface area contributed by atoms with Crippen LogP contribution in [0.1, 0.15) is 55.1 Å². The number of benzene rings is 2. The van der Waals surface area contributed by atoms with Gasteiger partial charge in [-0.15, -0.1) is 0 Å². The van der Waals surface area contributed by atoms with Gasteiger partial charge in [-0.1, -0.05) is 18.2 Å². The average molecular weight is 562 g/mol. The Kier molecular flexibility index (Phi) is 7.88. The van der Waals surface area contributed by atoms with E-state index in [2.05, 4.69) is 36.3 Å². The van der Waals surface area contributed by atoms with E-state index in [9.17, 15) is 8.42 Å². The van der Waals surface area contributed by atoms with Crippen molar-refractivity contribution in [1.82, 2.24) is 19.4 Å². The third kappa shape index (κ3) is 5.45. The van der Waals surface area contributed by atoms with E-state index in [1.54, 1.807) is 39.2 Å². The smallest absolute Gasteiger partial charge is 0.182 e. The van der Waals surface area contributed by atoms with Crippen molar-refractivity contribution in [1.29, 1.82) is 0 Å². The monoisotopic (exact) mass is 561 g/mol. The molecule has 5 rings (SSSR count). The van der Waals surface area contributed by atoms with E-state index in [4.69, 9.17) is 14.7 Å². The minimum Gasteiger partial charge on any atom is -0.496 e. The van der Waals surface area contributed by atoms with E-state index in [0.29, 0.717) is 29.7 Å². The summed E-state index contributed by atoms with van der Waals surface area (Å²) in [6.45, 7) is 7.78. The summed E-state index contributed by atoms with van der Waals surface area (Å²) in [7, 11) is 2.33. The fourth-order valence-electron chi connectivity index (χ4n) is 5.63. The van der Waals surface area contributed by atoms with Crippen LogP contribution in [0.3, 0.4) is 0 Å². The van der Waals surface area contributed by atoms with Crippen LogP contribution >= 0.6 is 0 Å². The fourth-order valence-corrected chi connectivity index (χ4v) is 6.83. The summed E-state index contributed by atoms with van der Waals surface area (Å²) in [5.74, 6) is 2.58. The van der Waals surface area contributed by atoms with Gasteiger partial charge < -0.3 is 19.5 Å². The van der Waals surface area contributed by atoms with Gasteiger partial charge in [0.05, 0.1) is 28.5 Å². The molecule has 9 heteroatoms. The first-order valence-corrected chi connectivity index (χ1v) is 15.4. The average Bonchev–Trinajstić information content (AvgIpc) is 3.30. The number of aromatic nitrogens is 3. The van der Waals surface area contributed by atoms with Gasteiger partial charge in [0.1, 0.15) is 17.1 Å². The molecule has 0 radical (unpaired) electrons. The number of piperidine rings is 1. The summed E-state index contributed by atoms with van der Waals surface area (Å²) in [4.78, 5) is 12.4. The Labute approximate surface area is 237 Å². The highest BCUT2D eigenvalue weighted by Crippen LogP contribution is 2.36. The molecule has 2 aromatic carbocycles. The Hall–Kier alpha value is -3.43. The second-order valence-electron chi connectivity index (χ2n) is 11.1. The molecular weight excluding hydrogens is 522 g/mol. The topological polar surface area (TPSA) is 89.4 Å². The van der Waals surface area contributed by atoms with Gasteiger partial charge in [-0.25, -0.2) is 18.4 Å².